The van der Waals surface area contributed by atoms with Gasteiger partial charge in [-0.05, 0) is 43.8 Å². The highest BCUT2D eigenvalue weighted by molar-refractivity contribution is 7.71. The Labute approximate surface area is 170 Å². The van der Waals surface area contributed by atoms with Gasteiger partial charge in [0.05, 0.1) is 30.6 Å². The molecule has 3 aromatic rings. The number of rotatable bonds is 9. The second-order valence-electron chi connectivity index (χ2n) is 5.79. The van der Waals surface area contributed by atoms with Crippen LogP contribution < -0.4 is 9.47 Å². The Kier molecular flexibility index (Phi) is 6.39. The number of ether oxygens (including phenoxy) is 2. The van der Waals surface area contributed by atoms with Crippen LogP contribution in [0.15, 0.2) is 40.0 Å². The van der Waals surface area contributed by atoms with E-state index in [1.165, 1.54) is 23.2 Å². The molecule has 1 N–H and O–H groups in total. The number of hydrogen-bond donors (Lipinski definition) is 1. The Morgan fingerprint density at radius 3 is 2.90 bits per heavy atom. The van der Waals surface area contributed by atoms with Crippen molar-refractivity contribution in [1.29, 1.82) is 0 Å². The van der Waals surface area contributed by atoms with Crippen molar-refractivity contribution in [2.75, 3.05) is 13.2 Å². The molecule has 10 nitrogen and oxygen atoms in total. The van der Waals surface area contributed by atoms with Gasteiger partial charge in [0.1, 0.15) is 0 Å². The zero-order chi connectivity index (χ0) is 20.8. The number of aromatic amines is 1. The van der Waals surface area contributed by atoms with Crippen molar-refractivity contribution >= 4 is 24.1 Å². The first-order valence-electron chi connectivity index (χ1n) is 8.88. The molecule has 0 aliphatic carbocycles. The third kappa shape index (κ3) is 4.51. The molecular weight excluding hydrogens is 398 g/mol. The quantitative estimate of drug-likeness (QED) is 0.240. The summed E-state index contributed by atoms with van der Waals surface area (Å²) < 4.78 is 18.1. The van der Waals surface area contributed by atoms with Crippen LogP contribution in [0.1, 0.15) is 25.8 Å². The van der Waals surface area contributed by atoms with Crippen molar-refractivity contribution in [1.82, 2.24) is 14.9 Å². The number of nitrogens with one attached hydrogen (secondary N) is 1. The molecule has 0 bridgehead atoms. The highest BCUT2D eigenvalue weighted by atomic mass is 32.1. The molecule has 2 aromatic heterocycles. The molecule has 3 rings (SSSR count). The van der Waals surface area contributed by atoms with Crippen LogP contribution in [-0.4, -0.2) is 39.2 Å². The van der Waals surface area contributed by atoms with Crippen molar-refractivity contribution in [3.63, 3.8) is 0 Å². The fourth-order valence-electron chi connectivity index (χ4n) is 2.52. The first kappa shape index (κ1) is 20.3. The lowest BCUT2D eigenvalue weighted by Crippen LogP contribution is -2.04. The fraction of sp³-hybridized carbons (Fsp3) is 0.278. The summed E-state index contributed by atoms with van der Waals surface area (Å²) in [6.07, 6.45) is 3.64. The van der Waals surface area contributed by atoms with Crippen LogP contribution in [0.5, 0.6) is 11.5 Å². The number of nitrogens with zero attached hydrogens (tertiary/aromatic N) is 4. The number of nitro benzene ring substituents is 1. The first-order valence-corrected chi connectivity index (χ1v) is 9.29. The maximum Gasteiger partial charge on any atom is 0.315 e. The minimum atomic E-state index is -0.511. The van der Waals surface area contributed by atoms with Crippen LogP contribution in [0.3, 0.4) is 0 Å². The molecule has 0 amide bonds. The molecule has 0 saturated carbocycles. The maximum atomic E-state index is 11.6. The van der Waals surface area contributed by atoms with E-state index in [2.05, 4.69) is 15.3 Å². The topological polar surface area (TPSA) is 121 Å². The zero-order valence-corrected chi connectivity index (χ0v) is 16.6. The van der Waals surface area contributed by atoms with Gasteiger partial charge in [-0.25, -0.2) is 5.10 Å². The molecule has 0 aliphatic rings. The SMILES string of the molecule is CCCOc1c(OCC)cc(/C=N\n2c(-c3ccco3)n[nH]c2=S)cc1[N+](=O)[O-]. The van der Waals surface area contributed by atoms with E-state index in [0.717, 1.165) is 0 Å². The predicted octanol–water partition coefficient (Wildman–Crippen LogP) is 4.18. The van der Waals surface area contributed by atoms with E-state index in [4.69, 9.17) is 26.1 Å². The number of hydrogen-bond acceptors (Lipinski definition) is 8. The first-order chi connectivity index (χ1) is 14.0. The maximum absolute atomic E-state index is 11.6. The molecule has 1 aromatic carbocycles. The number of furan rings is 1. The zero-order valence-electron chi connectivity index (χ0n) is 15.8. The molecule has 0 fully saturated rings. The van der Waals surface area contributed by atoms with Crippen LogP contribution in [0.2, 0.25) is 0 Å². The van der Waals surface area contributed by atoms with Crippen molar-refractivity contribution in [2.45, 2.75) is 20.3 Å². The summed E-state index contributed by atoms with van der Waals surface area (Å²) in [6, 6.07) is 6.43. The Hall–Kier alpha value is -3.47. The number of H-pyrrole nitrogens is 1. The summed E-state index contributed by atoms with van der Waals surface area (Å²) in [5, 5.41) is 22.6. The second kappa shape index (κ2) is 9.15. The van der Waals surface area contributed by atoms with Crippen LogP contribution in [-0.2, 0) is 0 Å². The lowest BCUT2D eigenvalue weighted by molar-refractivity contribution is -0.386. The summed E-state index contributed by atoms with van der Waals surface area (Å²) in [6.45, 7) is 4.37. The number of nitro groups is 1. The van der Waals surface area contributed by atoms with E-state index < -0.39 is 4.92 Å². The molecule has 0 unspecified atom stereocenters. The average molecular weight is 417 g/mol. The lowest BCUT2D eigenvalue weighted by atomic mass is 10.2. The molecule has 29 heavy (non-hydrogen) atoms. The van der Waals surface area contributed by atoms with E-state index in [9.17, 15) is 10.1 Å². The van der Waals surface area contributed by atoms with Crippen molar-refractivity contribution in [2.24, 2.45) is 5.10 Å². The van der Waals surface area contributed by atoms with E-state index in [1.54, 1.807) is 25.1 Å². The van der Waals surface area contributed by atoms with Gasteiger partial charge in [0.15, 0.2) is 11.5 Å². The molecule has 0 atom stereocenters. The minimum absolute atomic E-state index is 0.104. The molecular formula is C18H19N5O5S. The minimum Gasteiger partial charge on any atom is -0.490 e. The third-order valence-electron chi connectivity index (χ3n) is 3.72. The largest absolute Gasteiger partial charge is 0.490 e. The molecule has 0 spiro atoms. The van der Waals surface area contributed by atoms with Gasteiger partial charge in [0.25, 0.3) is 0 Å². The third-order valence-corrected chi connectivity index (χ3v) is 3.98. The van der Waals surface area contributed by atoms with Gasteiger partial charge in [0, 0.05) is 11.6 Å². The number of aromatic nitrogens is 3. The van der Waals surface area contributed by atoms with Crippen molar-refractivity contribution in [3.05, 3.63) is 51.0 Å². The molecule has 2 heterocycles. The van der Waals surface area contributed by atoms with Crippen LogP contribution in [0, 0.1) is 14.9 Å². The highest BCUT2D eigenvalue weighted by Crippen LogP contribution is 2.38. The van der Waals surface area contributed by atoms with E-state index in [-0.39, 0.29) is 22.0 Å². The molecule has 152 valence electrons. The van der Waals surface area contributed by atoms with Crippen LogP contribution in [0.25, 0.3) is 11.6 Å². The summed E-state index contributed by atoms with van der Waals surface area (Å²) in [7, 11) is 0. The van der Waals surface area contributed by atoms with Gasteiger partial charge >= 0.3 is 5.69 Å². The average Bonchev–Trinajstić information content (AvgIpc) is 3.35. The summed E-state index contributed by atoms with van der Waals surface area (Å²) in [5.41, 5.74) is 0.241. The van der Waals surface area contributed by atoms with Crippen molar-refractivity contribution in [3.8, 4) is 23.1 Å². The summed E-state index contributed by atoms with van der Waals surface area (Å²) in [4.78, 5) is 11.1. The molecule has 0 saturated heterocycles. The Bertz CT molecular complexity index is 1070. The van der Waals surface area contributed by atoms with Gasteiger partial charge in [-0.2, -0.15) is 9.78 Å². The van der Waals surface area contributed by atoms with E-state index in [0.29, 0.717) is 36.8 Å². The fourth-order valence-corrected chi connectivity index (χ4v) is 2.70. The van der Waals surface area contributed by atoms with E-state index >= 15 is 0 Å². The smallest absolute Gasteiger partial charge is 0.315 e. The van der Waals surface area contributed by atoms with Crippen LogP contribution in [0.4, 0.5) is 5.69 Å². The summed E-state index contributed by atoms with van der Waals surface area (Å²) in [5.74, 6) is 1.23. The second-order valence-corrected chi connectivity index (χ2v) is 6.18. The summed E-state index contributed by atoms with van der Waals surface area (Å²) >= 11 is 5.20. The lowest BCUT2D eigenvalue weighted by Gasteiger charge is -2.12. The molecule has 0 radical (unpaired) electrons. The Morgan fingerprint density at radius 2 is 2.24 bits per heavy atom. The Morgan fingerprint density at radius 1 is 1.41 bits per heavy atom. The molecule has 11 heteroatoms. The van der Waals surface area contributed by atoms with Crippen LogP contribution >= 0.6 is 12.2 Å². The Balaban J connectivity index is 2.03. The van der Waals surface area contributed by atoms with Gasteiger partial charge in [0.2, 0.25) is 16.3 Å². The predicted molar refractivity (Wildman–Crippen MR) is 108 cm³/mol. The monoisotopic (exact) mass is 417 g/mol. The number of benzene rings is 1. The van der Waals surface area contributed by atoms with E-state index in [1.807, 2.05) is 6.92 Å². The van der Waals surface area contributed by atoms with Gasteiger partial charge < -0.3 is 13.9 Å². The van der Waals surface area contributed by atoms with Crippen molar-refractivity contribution < 1.29 is 18.8 Å². The van der Waals surface area contributed by atoms with Gasteiger partial charge in [-0.3, -0.25) is 10.1 Å². The standard InChI is InChI=1S/C18H19N5O5S/c1-3-7-28-16-13(23(24)25)9-12(10-15(16)26-4-2)11-19-22-17(20-21-18(22)29)14-6-5-8-27-14/h5-6,8-11H,3-4,7H2,1-2H3,(H,21,29)/b19-11-. The normalized spacial score (nSPS) is 11.1. The van der Waals surface area contributed by atoms with Gasteiger partial charge in [-0.15, -0.1) is 5.10 Å². The molecule has 0 aliphatic heterocycles. The highest BCUT2D eigenvalue weighted by Gasteiger charge is 2.22. The van der Waals surface area contributed by atoms with Gasteiger partial charge in [-0.1, -0.05) is 6.92 Å².